The van der Waals surface area contributed by atoms with Gasteiger partial charge < -0.3 is 0 Å². The fraction of sp³-hybridized carbons (Fsp3) is 0.385. The molecule has 0 aliphatic carbocycles. The number of hydrogen-bond donors (Lipinski definition) is 1. The van der Waals surface area contributed by atoms with Crippen LogP contribution in [0.25, 0.3) is 0 Å². The van der Waals surface area contributed by atoms with E-state index in [0.29, 0.717) is 16.6 Å². The third-order valence-corrected chi connectivity index (χ3v) is 3.10. The Morgan fingerprint density at radius 2 is 2.22 bits per heavy atom. The Labute approximate surface area is 115 Å². The highest BCUT2D eigenvalue weighted by Gasteiger charge is 2.16. The van der Waals surface area contributed by atoms with Crippen LogP contribution < -0.4 is 5.32 Å². The van der Waals surface area contributed by atoms with Crippen LogP contribution in [0.5, 0.6) is 0 Å². The van der Waals surface area contributed by atoms with E-state index in [2.05, 4.69) is 27.2 Å². The first kappa shape index (κ1) is 14.7. The van der Waals surface area contributed by atoms with E-state index >= 15 is 0 Å². The van der Waals surface area contributed by atoms with E-state index in [1.165, 1.54) is 6.07 Å². The topological polar surface area (TPSA) is 55.2 Å². The lowest BCUT2D eigenvalue weighted by Gasteiger charge is -2.16. The molecule has 0 radical (unpaired) electrons. The molecule has 1 atom stereocenters. The van der Waals surface area contributed by atoms with E-state index in [0.717, 1.165) is 0 Å². The Bertz CT molecular complexity index is 480. The molecule has 0 bridgehead atoms. The van der Waals surface area contributed by atoms with Crippen LogP contribution in [-0.4, -0.2) is 11.0 Å². The number of benzene rings is 1. The quantitative estimate of drug-likeness (QED) is 0.516. The van der Waals surface area contributed by atoms with Crippen LogP contribution in [0, 0.1) is 28.4 Å². The van der Waals surface area contributed by atoms with Gasteiger partial charge in [0.1, 0.15) is 0 Å². The van der Waals surface area contributed by atoms with Crippen molar-refractivity contribution in [3.63, 3.8) is 0 Å². The van der Waals surface area contributed by atoms with Crippen molar-refractivity contribution in [1.29, 1.82) is 0 Å². The third kappa shape index (κ3) is 3.83. The summed E-state index contributed by atoms with van der Waals surface area (Å²) in [4.78, 5) is 10.6. The van der Waals surface area contributed by atoms with Gasteiger partial charge in [-0.1, -0.05) is 35.7 Å². The van der Waals surface area contributed by atoms with E-state index in [-0.39, 0.29) is 22.6 Å². The molecule has 0 heterocycles. The lowest BCUT2D eigenvalue weighted by molar-refractivity contribution is -0.385. The van der Waals surface area contributed by atoms with Crippen LogP contribution >= 0.6 is 15.9 Å². The second-order valence-corrected chi connectivity index (χ2v) is 5.22. The summed E-state index contributed by atoms with van der Waals surface area (Å²) in [5.74, 6) is 2.92. The second kappa shape index (κ2) is 6.53. The average Bonchev–Trinajstić information content (AvgIpc) is 2.30. The molecule has 1 aromatic carbocycles. The minimum Gasteiger partial charge on any atom is -0.299 e. The largest absolute Gasteiger partial charge is 0.299 e. The molecule has 0 aliphatic rings. The summed E-state index contributed by atoms with van der Waals surface area (Å²) in [5, 5.41) is 14.1. The molecular formula is C13H15BrN2O2. The Morgan fingerprint density at radius 1 is 1.56 bits per heavy atom. The van der Waals surface area contributed by atoms with Crippen molar-refractivity contribution in [3.8, 4) is 12.3 Å². The highest BCUT2D eigenvalue weighted by Crippen LogP contribution is 2.23. The molecule has 0 spiro atoms. The number of nitro groups is 1. The summed E-state index contributed by atoms with van der Waals surface area (Å²) in [6.07, 6.45) is 5.41. The fourth-order valence-electron chi connectivity index (χ4n) is 1.56. The van der Waals surface area contributed by atoms with Gasteiger partial charge in [0.25, 0.3) is 5.69 Å². The summed E-state index contributed by atoms with van der Waals surface area (Å²) in [6.45, 7) is 4.40. The normalized spacial score (nSPS) is 12.2. The molecule has 0 aromatic heterocycles. The molecule has 0 fully saturated rings. The van der Waals surface area contributed by atoms with Gasteiger partial charge in [-0.05, 0) is 18.1 Å². The Hall–Kier alpha value is -1.38. The van der Waals surface area contributed by atoms with Gasteiger partial charge in [0.05, 0.1) is 11.0 Å². The van der Waals surface area contributed by atoms with Crippen molar-refractivity contribution in [2.24, 2.45) is 5.92 Å². The van der Waals surface area contributed by atoms with E-state index in [1.807, 2.05) is 13.8 Å². The lowest BCUT2D eigenvalue weighted by Crippen LogP contribution is -2.31. The second-order valence-electron chi connectivity index (χ2n) is 4.30. The number of nitrogens with one attached hydrogen (secondary N) is 1. The summed E-state index contributed by atoms with van der Waals surface area (Å²) in [7, 11) is 0. The van der Waals surface area contributed by atoms with Crippen LogP contribution in [-0.2, 0) is 6.54 Å². The Balaban J connectivity index is 2.85. The summed E-state index contributed by atoms with van der Waals surface area (Å²) in [5.41, 5.74) is 0.723. The van der Waals surface area contributed by atoms with Gasteiger partial charge in [0.15, 0.2) is 0 Å². The molecule has 1 unspecified atom stereocenters. The molecule has 1 rings (SSSR count). The fourth-order valence-corrected chi connectivity index (χ4v) is 1.91. The van der Waals surface area contributed by atoms with Gasteiger partial charge in [0.2, 0.25) is 0 Å². The number of nitrogens with zero attached hydrogens (tertiary/aromatic N) is 1. The first-order valence-corrected chi connectivity index (χ1v) is 6.37. The number of terminal acetylenes is 1. The van der Waals surface area contributed by atoms with Gasteiger partial charge >= 0.3 is 0 Å². The zero-order chi connectivity index (χ0) is 13.7. The lowest BCUT2D eigenvalue weighted by atomic mass is 10.0. The highest BCUT2D eigenvalue weighted by molar-refractivity contribution is 9.10. The van der Waals surface area contributed by atoms with Crippen molar-refractivity contribution in [3.05, 3.63) is 38.3 Å². The van der Waals surface area contributed by atoms with Crippen molar-refractivity contribution >= 4 is 21.6 Å². The molecule has 0 aliphatic heterocycles. The van der Waals surface area contributed by atoms with Crippen LogP contribution in [0.1, 0.15) is 19.4 Å². The van der Waals surface area contributed by atoms with Gasteiger partial charge in [0, 0.05) is 22.6 Å². The number of nitro benzene ring substituents is 1. The predicted molar refractivity (Wildman–Crippen MR) is 75.1 cm³/mol. The first-order valence-electron chi connectivity index (χ1n) is 5.58. The van der Waals surface area contributed by atoms with Crippen molar-refractivity contribution < 1.29 is 4.92 Å². The van der Waals surface area contributed by atoms with Gasteiger partial charge in [-0.2, -0.15) is 0 Å². The standard InChI is InChI=1S/C13H15BrN2O2/c1-4-12(9(2)3)15-8-10-5-6-11(14)7-13(10)16(17)18/h1,5-7,9,12,15H,8H2,2-3H3. The SMILES string of the molecule is C#CC(NCc1ccc(Br)cc1[N+](=O)[O-])C(C)C. The Morgan fingerprint density at radius 3 is 2.72 bits per heavy atom. The summed E-state index contributed by atoms with van der Waals surface area (Å²) >= 11 is 3.22. The molecule has 0 amide bonds. The highest BCUT2D eigenvalue weighted by atomic mass is 79.9. The maximum atomic E-state index is 10.9. The number of rotatable bonds is 5. The monoisotopic (exact) mass is 310 g/mol. The minimum atomic E-state index is -0.387. The molecule has 18 heavy (non-hydrogen) atoms. The van der Waals surface area contributed by atoms with E-state index in [1.54, 1.807) is 12.1 Å². The van der Waals surface area contributed by atoms with E-state index in [9.17, 15) is 10.1 Å². The molecule has 96 valence electrons. The maximum Gasteiger partial charge on any atom is 0.275 e. The van der Waals surface area contributed by atoms with Crippen LogP contribution in [0.3, 0.4) is 0 Å². The number of halogens is 1. The van der Waals surface area contributed by atoms with Gasteiger partial charge in [-0.25, -0.2) is 0 Å². The molecule has 5 heteroatoms. The number of hydrogen-bond acceptors (Lipinski definition) is 3. The zero-order valence-corrected chi connectivity index (χ0v) is 11.9. The molecule has 1 aromatic rings. The zero-order valence-electron chi connectivity index (χ0n) is 10.3. The van der Waals surface area contributed by atoms with Crippen molar-refractivity contribution in [2.75, 3.05) is 0 Å². The first-order chi connectivity index (χ1) is 8.45. The van der Waals surface area contributed by atoms with Crippen LogP contribution in [0.15, 0.2) is 22.7 Å². The van der Waals surface area contributed by atoms with E-state index in [4.69, 9.17) is 6.42 Å². The predicted octanol–water partition coefficient (Wildman–Crippen LogP) is 3.10. The maximum absolute atomic E-state index is 10.9. The van der Waals surface area contributed by atoms with Gasteiger partial charge in [-0.3, -0.25) is 15.4 Å². The molecule has 0 saturated heterocycles. The Kier molecular flexibility index (Phi) is 5.32. The van der Waals surface area contributed by atoms with Crippen molar-refractivity contribution in [1.82, 2.24) is 5.32 Å². The molecule has 4 nitrogen and oxygen atoms in total. The van der Waals surface area contributed by atoms with Crippen LogP contribution in [0.2, 0.25) is 0 Å². The van der Waals surface area contributed by atoms with E-state index < -0.39 is 0 Å². The third-order valence-electron chi connectivity index (χ3n) is 2.60. The molecule has 1 N–H and O–H groups in total. The van der Waals surface area contributed by atoms with Gasteiger partial charge in [-0.15, -0.1) is 6.42 Å². The smallest absolute Gasteiger partial charge is 0.275 e. The molecular weight excluding hydrogens is 296 g/mol. The van der Waals surface area contributed by atoms with Crippen LogP contribution in [0.4, 0.5) is 5.69 Å². The summed E-state index contributed by atoms with van der Waals surface area (Å²) in [6, 6.07) is 4.92. The summed E-state index contributed by atoms with van der Waals surface area (Å²) < 4.78 is 0.690. The minimum absolute atomic E-state index is 0.0896. The van der Waals surface area contributed by atoms with Crippen molar-refractivity contribution in [2.45, 2.75) is 26.4 Å². The molecule has 0 saturated carbocycles. The average molecular weight is 311 g/mol.